The van der Waals surface area contributed by atoms with Gasteiger partial charge in [-0.3, -0.25) is 14.6 Å². The molecule has 3 aromatic carbocycles. The molecule has 1 aliphatic rings. The lowest BCUT2D eigenvalue weighted by Crippen LogP contribution is -2.60. The van der Waals surface area contributed by atoms with Crippen molar-refractivity contribution in [3.63, 3.8) is 0 Å². The molecule has 1 atom stereocenters. The molecule has 0 bridgehead atoms. The van der Waals surface area contributed by atoms with E-state index in [9.17, 15) is 27.6 Å². The summed E-state index contributed by atoms with van der Waals surface area (Å²) < 4.78 is 58.0. The van der Waals surface area contributed by atoms with Crippen molar-refractivity contribution in [1.29, 1.82) is 5.26 Å². The van der Waals surface area contributed by atoms with E-state index in [1.807, 2.05) is 29.2 Å². The number of carbonyl (C=O) groups excluding carboxylic acids is 1. The summed E-state index contributed by atoms with van der Waals surface area (Å²) in [6.45, 7) is 1.42. The van der Waals surface area contributed by atoms with E-state index in [4.69, 9.17) is 4.74 Å². The number of hydrogen-bond acceptors (Lipinski definition) is 5. The second kappa shape index (κ2) is 11.0. The van der Waals surface area contributed by atoms with E-state index in [0.717, 1.165) is 10.8 Å². The normalized spacial score (nSPS) is 16.6. The average Bonchev–Trinajstić information content (AvgIpc) is 2.90. The molecule has 200 valence electrons. The van der Waals surface area contributed by atoms with Crippen molar-refractivity contribution in [1.82, 2.24) is 15.1 Å². The largest absolute Gasteiger partial charge is 0.495 e. The van der Waals surface area contributed by atoms with E-state index in [-0.39, 0.29) is 32.7 Å². The number of alkyl halides is 3. The van der Waals surface area contributed by atoms with Crippen molar-refractivity contribution in [3.05, 3.63) is 77.1 Å². The van der Waals surface area contributed by atoms with Gasteiger partial charge in [0, 0.05) is 38.3 Å². The molecule has 1 heterocycles. The van der Waals surface area contributed by atoms with Crippen molar-refractivity contribution in [3.8, 4) is 11.8 Å². The Morgan fingerprint density at radius 3 is 2.34 bits per heavy atom. The van der Waals surface area contributed by atoms with E-state index >= 15 is 0 Å². The second-order valence-corrected chi connectivity index (χ2v) is 9.41. The second-order valence-electron chi connectivity index (χ2n) is 9.41. The van der Waals surface area contributed by atoms with Crippen LogP contribution in [0.15, 0.2) is 54.6 Å². The molecule has 1 amide bonds. The number of fused-ring (bicyclic) bond motifs is 1. The lowest BCUT2D eigenvalue weighted by molar-refractivity contribution is -0.154. The molecule has 1 N–H and O–H groups in total. The Hall–Kier alpha value is -3.68. The topological polar surface area (TPSA) is 68.6 Å². The third kappa shape index (κ3) is 5.59. The van der Waals surface area contributed by atoms with E-state index in [0.29, 0.717) is 22.4 Å². The molecule has 4 rings (SSSR count). The first-order valence-corrected chi connectivity index (χ1v) is 12.1. The number of nitriles is 1. The minimum absolute atomic E-state index is 0.0445. The number of methoxy groups -OCH3 is 1. The number of amides is 1. The Morgan fingerprint density at radius 1 is 1.08 bits per heavy atom. The van der Waals surface area contributed by atoms with Crippen LogP contribution in [0.4, 0.5) is 17.6 Å². The maximum atomic E-state index is 13.9. The number of halogens is 4. The van der Waals surface area contributed by atoms with Crippen LogP contribution in [0.1, 0.15) is 23.6 Å². The van der Waals surface area contributed by atoms with Gasteiger partial charge in [-0.2, -0.15) is 18.4 Å². The van der Waals surface area contributed by atoms with Gasteiger partial charge in [0.25, 0.3) is 0 Å². The lowest BCUT2D eigenvalue weighted by Gasteiger charge is -2.45. The summed E-state index contributed by atoms with van der Waals surface area (Å²) in [5.74, 6) is -0.506. The number of nitrogens with zero attached hydrogens (tertiary/aromatic N) is 3. The summed E-state index contributed by atoms with van der Waals surface area (Å²) in [5, 5.41) is 14.2. The minimum atomic E-state index is -4.31. The quantitative estimate of drug-likeness (QED) is 0.455. The number of piperazine rings is 1. The van der Waals surface area contributed by atoms with Gasteiger partial charge < -0.3 is 10.1 Å². The molecule has 1 saturated heterocycles. The molecule has 38 heavy (non-hydrogen) atoms. The summed E-state index contributed by atoms with van der Waals surface area (Å²) >= 11 is 0. The Bertz CT molecular complexity index is 1350. The molecule has 1 aliphatic heterocycles. The van der Waals surface area contributed by atoms with Crippen LogP contribution in [0.2, 0.25) is 0 Å². The van der Waals surface area contributed by atoms with Crippen molar-refractivity contribution >= 4 is 16.7 Å². The van der Waals surface area contributed by atoms with Gasteiger partial charge >= 0.3 is 6.18 Å². The fourth-order valence-electron chi connectivity index (χ4n) is 5.07. The zero-order valence-electron chi connectivity index (χ0n) is 21.1. The molecule has 6 nitrogen and oxygen atoms in total. The van der Waals surface area contributed by atoms with Crippen LogP contribution in [0.25, 0.3) is 10.8 Å². The molecule has 0 aliphatic carbocycles. The molecule has 0 aromatic heterocycles. The molecule has 1 fully saturated rings. The highest BCUT2D eigenvalue weighted by molar-refractivity contribution is 5.91. The number of carbonyl (C=O) groups is 1. The van der Waals surface area contributed by atoms with Crippen LogP contribution >= 0.6 is 0 Å². The highest BCUT2D eigenvalue weighted by Crippen LogP contribution is 2.34. The van der Waals surface area contributed by atoms with E-state index < -0.39 is 30.0 Å². The van der Waals surface area contributed by atoms with E-state index in [1.165, 1.54) is 36.3 Å². The zero-order chi connectivity index (χ0) is 27.5. The molecule has 0 radical (unpaired) electrons. The molecule has 10 heteroatoms. The molecule has 1 unspecified atom stereocenters. The van der Waals surface area contributed by atoms with Gasteiger partial charge in [-0.15, -0.1) is 0 Å². The first-order chi connectivity index (χ1) is 18.1. The number of hydrogen-bond donors (Lipinski definition) is 1. The Labute approximate surface area is 218 Å². The SMILES string of the molecule is COc1c(C#N)cc2ccccc2c1CNC(=O)C(C)(c1ccc(F)cc1)N1CCN(CC(F)(F)F)CC1. The monoisotopic (exact) mass is 528 g/mol. The summed E-state index contributed by atoms with van der Waals surface area (Å²) in [6.07, 6.45) is -4.31. The van der Waals surface area contributed by atoms with Crippen LogP contribution in [0.3, 0.4) is 0 Å². The average molecular weight is 529 g/mol. The third-order valence-corrected chi connectivity index (χ3v) is 7.11. The fraction of sp³-hybridized carbons (Fsp3) is 0.357. The van der Waals surface area contributed by atoms with E-state index in [1.54, 1.807) is 13.0 Å². The van der Waals surface area contributed by atoms with Gasteiger partial charge in [-0.25, -0.2) is 4.39 Å². The first kappa shape index (κ1) is 27.4. The van der Waals surface area contributed by atoms with Crippen molar-refractivity contribution < 1.29 is 27.1 Å². The van der Waals surface area contributed by atoms with Crippen LogP contribution in [0.5, 0.6) is 5.75 Å². The first-order valence-electron chi connectivity index (χ1n) is 12.1. The fourth-order valence-corrected chi connectivity index (χ4v) is 5.07. The summed E-state index contributed by atoms with van der Waals surface area (Å²) in [7, 11) is 1.46. The van der Waals surface area contributed by atoms with Crippen molar-refractivity contribution in [2.45, 2.75) is 25.2 Å². The van der Waals surface area contributed by atoms with Gasteiger partial charge in [0.2, 0.25) is 5.91 Å². The smallest absolute Gasteiger partial charge is 0.401 e. The number of benzene rings is 3. The standard InChI is InChI=1S/C28H28F4N4O2/c1-27(21-7-9-22(29)10-8-21,36-13-11-35(12-14-36)18-28(30,31)32)26(37)34-17-24-23-6-4-3-5-19(23)15-20(16-33)25(24)38-2/h3-10,15H,11-14,17-18H2,1-2H3,(H,34,37). The van der Waals surface area contributed by atoms with Crippen molar-refractivity contribution in [2.75, 3.05) is 39.8 Å². The minimum Gasteiger partial charge on any atom is -0.495 e. The zero-order valence-corrected chi connectivity index (χ0v) is 21.1. The lowest BCUT2D eigenvalue weighted by atomic mass is 9.87. The van der Waals surface area contributed by atoms with Gasteiger partial charge in [0.1, 0.15) is 23.2 Å². The summed E-state index contributed by atoms with van der Waals surface area (Å²) in [6, 6.07) is 16.8. The number of nitrogens with one attached hydrogen (secondary N) is 1. The molecular formula is C28H28F4N4O2. The summed E-state index contributed by atoms with van der Waals surface area (Å²) in [5.41, 5.74) is 0.196. The predicted molar refractivity (Wildman–Crippen MR) is 135 cm³/mol. The van der Waals surface area contributed by atoms with Crippen LogP contribution in [-0.2, 0) is 16.9 Å². The summed E-state index contributed by atoms with van der Waals surface area (Å²) in [4.78, 5) is 17.0. The van der Waals surface area contributed by atoms with Crippen LogP contribution < -0.4 is 10.1 Å². The molecule has 0 spiro atoms. The highest BCUT2D eigenvalue weighted by atomic mass is 19.4. The Morgan fingerprint density at radius 2 is 1.74 bits per heavy atom. The Balaban J connectivity index is 1.64. The van der Waals surface area contributed by atoms with Gasteiger partial charge in [-0.05, 0) is 41.5 Å². The highest BCUT2D eigenvalue weighted by Gasteiger charge is 2.43. The van der Waals surface area contributed by atoms with Crippen LogP contribution in [-0.4, -0.2) is 61.7 Å². The number of ether oxygens (including phenoxy) is 1. The molecule has 0 saturated carbocycles. The predicted octanol–water partition coefficient (Wildman–Crippen LogP) is 4.57. The van der Waals surface area contributed by atoms with E-state index in [2.05, 4.69) is 11.4 Å². The Kier molecular flexibility index (Phi) is 7.90. The van der Waals surface area contributed by atoms with Crippen LogP contribution in [0, 0.1) is 17.1 Å². The van der Waals surface area contributed by atoms with Gasteiger partial charge in [-0.1, -0.05) is 36.4 Å². The van der Waals surface area contributed by atoms with Gasteiger partial charge in [0.15, 0.2) is 0 Å². The molecular weight excluding hydrogens is 500 g/mol. The van der Waals surface area contributed by atoms with Gasteiger partial charge in [0.05, 0.1) is 19.2 Å². The maximum Gasteiger partial charge on any atom is 0.401 e. The molecule has 3 aromatic rings. The van der Waals surface area contributed by atoms with Crippen molar-refractivity contribution in [2.24, 2.45) is 0 Å². The maximum absolute atomic E-state index is 13.9. The third-order valence-electron chi connectivity index (χ3n) is 7.11. The number of rotatable bonds is 7.